The van der Waals surface area contributed by atoms with Crippen LogP contribution < -0.4 is 10.4 Å². The van der Waals surface area contributed by atoms with E-state index in [9.17, 15) is 19.5 Å². The molecule has 1 aromatic rings. The summed E-state index contributed by atoms with van der Waals surface area (Å²) in [5, 5.41) is 14.4. The second-order valence-corrected chi connectivity index (χ2v) is 7.63. The number of carbonyl (C=O) groups is 3. The average molecular weight is 364 g/mol. The maximum Gasteiger partial charge on any atom is 0.341 e. The van der Waals surface area contributed by atoms with E-state index in [-0.39, 0.29) is 12.5 Å². The van der Waals surface area contributed by atoms with Crippen LogP contribution in [0.2, 0.25) is 0 Å². The summed E-state index contributed by atoms with van der Waals surface area (Å²) in [4.78, 5) is 37.2. The number of hydrogen-bond acceptors (Lipinski definition) is 6. The molecule has 2 atom stereocenters. The van der Waals surface area contributed by atoms with Crippen LogP contribution in [0.3, 0.4) is 0 Å². The standard InChI is InChI=1S/C18H23NO5S/c1-9(2)24-18(23)14-10(3)11(4)25-16(14)19-15(20)12-7-5-6-8-13(12)17(21)22/h5-6,9,12-13H,7-8H2,1-4H3,(H,19,20)(H,21,22)/p-1/t12-,13-/m1/s1. The molecular formula is C18H22NO5S-. The molecule has 1 N–H and O–H groups in total. The fourth-order valence-corrected chi connectivity index (χ4v) is 3.85. The largest absolute Gasteiger partial charge is 0.550 e. The SMILES string of the molecule is Cc1sc(NC(=O)[C@@H]2CC=CC[C@H]2C(=O)[O-])c(C(=O)OC(C)C)c1C. The fraction of sp³-hybridized carbons (Fsp3) is 0.500. The molecule has 7 heteroatoms. The van der Waals surface area contributed by atoms with Crippen LogP contribution in [-0.2, 0) is 14.3 Å². The molecule has 1 aliphatic rings. The minimum Gasteiger partial charge on any atom is -0.550 e. The van der Waals surface area contributed by atoms with Crippen LogP contribution in [0.5, 0.6) is 0 Å². The van der Waals surface area contributed by atoms with Gasteiger partial charge in [-0.05, 0) is 46.1 Å². The van der Waals surface area contributed by atoms with Gasteiger partial charge in [0.1, 0.15) is 5.00 Å². The molecule has 6 nitrogen and oxygen atoms in total. The number of carboxylic acid groups (broad SMARTS) is 1. The maximum absolute atomic E-state index is 12.6. The van der Waals surface area contributed by atoms with E-state index in [1.165, 1.54) is 11.3 Å². The van der Waals surface area contributed by atoms with Gasteiger partial charge in [0, 0.05) is 16.8 Å². The number of aliphatic carboxylic acids is 1. The van der Waals surface area contributed by atoms with Gasteiger partial charge in [0.05, 0.1) is 17.6 Å². The van der Waals surface area contributed by atoms with E-state index in [0.29, 0.717) is 17.0 Å². The maximum atomic E-state index is 12.6. The van der Waals surface area contributed by atoms with Gasteiger partial charge in [-0.25, -0.2) is 4.79 Å². The molecule has 0 aromatic carbocycles. The highest BCUT2D eigenvalue weighted by Gasteiger charge is 2.31. The van der Waals surface area contributed by atoms with E-state index in [2.05, 4.69) is 5.32 Å². The highest BCUT2D eigenvalue weighted by molar-refractivity contribution is 7.16. The number of aryl methyl sites for hydroxylation is 1. The first-order chi connectivity index (χ1) is 11.7. The Hall–Kier alpha value is -2.15. The molecule has 1 amide bonds. The van der Waals surface area contributed by atoms with Crippen LogP contribution in [0.25, 0.3) is 0 Å². The van der Waals surface area contributed by atoms with Crippen LogP contribution in [0.1, 0.15) is 47.5 Å². The zero-order valence-electron chi connectivity index (χ0n) is 14.8. The molecule has 0 unspecified atom stereocenters. The first kappa shape index (κ1) is 19.2. The number of rotatable bonds is 5. The average Bonchev–Trinajstić information content (AvgIpc) is 2.80. The van der Waals surface area contributed by atoms with Crippen molar-refractivity contribution in [3.8, 4) is 0 Å². The summed E-state index contributed by atoms with van der Waals surface area (Å²) >= 11 is 1.28. The third kappa shape index (κ3) is 4.28. The van der Waals surface area contributed by atoms with Crippen molar-refractivity contribution in [2.75, 3.05) is 5.32 Å². The monoisotopic (exact) mass is 364 g/mol. The number of esters is 1. The highest BCUT2D eigenvalue weighted by Crippen LogP contribution is 2.35. The Morgan fingerprint density at radius 1 is 1.20 bits per heavy atom. The van der Waals surface area contributed by atoms with Crippen molar-refractivity contribution < 1.29 is 24.2 Å². The number of ether oxygens (including phenoxy) is 1. The molecule has 2 rings (SSSR count). The summed E-state index contributed by atoms with van der Waals surface area (Å²) in [6, 6.07) is 0. The molecule has 25 heavy (non-hydrogen) atoms. The molecule has 0 fully saturated rings. The van der Waals surface area contributed by atoms with Gasteiger partial charge in [-0.15, -0.1) is 11.3 Å². The summed E-state index contributed by atoms with van der Waals surface area (Å²) in [6.07, 6.45) is 3.86. The topological polar surface area (TPSA) is 95.5 Å². The summed E-state index contributed by atoms with van der Waals surface area (Å²) in [5.41, 5.74) is 1.09. The number of carboxylic acids is 1. The van der Waals surface area contributed by atoms with Crippen molar-refractivity contribution in [1.29, 1.82) is 0 Å². The molecule has 0 spiro atoms. The van der Waals surface area contributed by atoms with Crippen LogP contribution in [-0.4, -0.2) is 23.9 Å². The van der Waals surface area contributed by atoms with Crippen molar-refractivity contribution in [3.63, 3.8) is 0 Å². The summed E-state index contributed by atoms with van der Waals surface area (Å²) in [6.45, 7) is 7.16. The third-order valence-electron chi connectivity index (χ3n) is 4.24. The molecule has 136 valence electrons. The number of thiophene rings is 1. The Bertz CT molecular complexity index is 719. The normalized spacial score (nSPS) is 19.7. The van der Waals surface area contributed by atoms with Gasteiger partial charge >= 0.3 is 5.97 Å². The van der Waals surface area contributed by atoms with Gasteiger partial charge < -0.3 is 20.0 Å². The van der Waals surface area contributed by atoms with Gasteiger partial charge in [-0.1, -0.05) is 12.2 Å². The lowest BCUT2D eigenvalue weighted by Crippen LogP contribution is -2.41. The molecule has 0 aliphatic heterocycles. The lowest BCUT2D eigenvalue weighted by atomic mass is 9.82. The summed E-state index contributed by atoms with van der Waals surface area (Å²) < 4.78 is 5.26. The predicted molar refractivity (Wildman–Crippen MR) is 93.3 cm³/mol. The Morgan fingerprint density at radius 2 is 1.80 bits per heavy atom. The number of carbonyl (C=O) groups excluding carboxylic acids is 3. The van der Waals surface area contributed by atoms with E-state index in [1.807, 2.05) is 6.92 Å². The zero-order valence-corrected chi connectivity index (χ0v) is 15.6. The number of anilines is 1. The number of nitrogens with one attached hydrogen (secondary N) is 1. The van der Waals surface area contributed by atoms with Crippen molar-refractivity contribution in [1.82, 2.24) is 0 Å². The quantitative estimate of drug-likeness (QED) is 0.638. The van der Waals surface area contributed by atoms with Gasteiger partial charge in [-0.2, -0.15) is 0 Å². The van der Waals surface area contributed by atoms with Crippen molar-refractivity contribution >= 4 is 34.2 Å². The van der Waals surface area contributed by atoms with Gasteiger partial charge in [0.2, 0.25) is 5.91 Å². The van der Waals surface area contributed by atoms with Gasteiger partial charge in [-0.3, -0.25) is 4.79 Å². The molecule has 0 bridgehead atoms. The van der Waals surface area contributed by atoms with E-state index in [4.69, 9.17) is 4.74 Å². The molecule has 0 saturated carbocycles. The van der Waals surface area contributed by atoms with Crippen LogP contribution in [0.15, 0.2) is 12.2 Å². The predicted octanol–water partition coefficient (Wildman–Crippen LogP) is 2.20. The molecular weight excluding hydrogens is 342 g/mol. The first-order valence-electron chi connectivity index (χ1n) is 8.20. The fourth-order valence-electron chi connectivity index (χ4n) is 2.80. The Morgan fingerprint density at radius 3 is 2.36 bits per heavy atom. The Balaban J connectivity index is 2.26. The van der Waals surface area contributed by atoms with Gasteiger partial charge in [0.25, 0.3) is 0 Å². The zero-order chi connectivity index (χ0) is 18.7. The summed E-state index contributed by atoms with van der Waals surface area (Å²) in [7, 11) is 0. The van der Waals surface area contributed by atoms with E-state index in [1.54, 1.807) is 32.9 Å². The van der Waals surface area contributed by atoms with Crippen LogP contribution >= 0.6 is 11.3 Å². The van der Waals surface area contributed by atoms with Gasteiger partial charge in [0.15, 0.2) is 0 Å². The minimum atomic E-state index is -1.23. The smallest absolute Gasteiger partial charge is 0.341 e. The second kappa shape index (κ2) is 7.82. The minimum absolute atomic E-state index is 0.269. The van der Waals surface area contributed by atoms with E-state index < -0.39 is 29.7 Å². The second-order valence-electron chi connectivity index (χ2n) is 6.41. The molecule has 1 heterocycles. The Labute approximate surface area is 150 Å². The van der Waals surface area contributed by atoms with Crippen LogP contribution in [0.4, 0.5) is 5.00 Å². The number of hydrogen-bond donors (Lipinski definition) is 1. The number of amides is 1. The molecule has 1 aliphatic carbocycles. The lowest BCUT2D eigenvalue weighted by Gasteiger charge is -2.28. The molecule has 0 saturated heterocycles. The summed E-state index contributed by atoms with van der Waals surface area (Å²) in [5.74, 6) is -3.72. The van der Waals surface area contributed by atoms with Crippen LogP contribution in [0, 0.1) is 25.7 Å². The number of allylic oxidation sites excluding steroid dienone is 2. The van der Waals surface area contributed by atoms with E-state index >= 15 is 0 Å². The Kier molecular flexibility index (Phi) is 6.00. The lowest BCUT2D eigenvalue weighted by molar-refractivity contribution is -0.313. The van der Waals surface area contributed by atoms with Crippen molar-refractivity contribution in [2.24, 2.45) is 11.8 Å². The third-order valence-corrected chi connectivity index (χ3v) is 5.36. The van der Waals surface area contributed by atoms with Crippen molar-refractivity contribution in [2.45, 2.75) is 46.6 Å². The molecule has 0 radical (unpaired) electrons. The first-order valence-corrected chi connectivity index (χ1v) is 9.01. The molecule has 1 aromatic heterocycles. The van der Waals surface area contributed by atoms with E-state index in [0.717, 1.165) is 10.4 Å². The highest BCUT2D eigenvalue weighted by atomic mass is 32.1. The van der Waals surface area contributed by atoms with Crippen molar-refractivity contribution in [3.05, 3.63) is 28.2 Å².